The fraction of sp³-hybridized carbons (Fsp3) is 0.417. The van der Waals surface area contributed by atoms with Crippen molar-refractivity contribution in [2.75, 3.05) is 20.7 Å². The van der Waals surface area contributed by atoms with Crippen LogP contribution in [-0.2, 0) is 4.79 Å². The van der Waals surface area contributed by atoms with Crippen molar-refractivity contribution < 1.29 is 19.6 Å². The molecule has 1 atom stereocenters. The molecule has 0 heterocycles. The van der Waals surface area contributed by atoms with E-state index in [2.05, 4.69) is 15.9 Å². The zero-order chi connectivity index (χ0) is 15.4. The summed E-state index contributed by atoms with van der Waals surface area (Å²) in [5.41, 5.74) is -0.0561. The van der Waals surface area contributed by atoms with Crippen molar-refractivity contribution in [1.82, 2.24) is 4.90 Å². The molecule has 0 radical (unpaired) electrons. The largest absolute Gasteiger partial charge is 0.476 e. The van der Waals surface area contributed by atoms with Gasteiger partial charge in [0.25, 0.3) is 5.91 Å². The second-order valence-corrected chi connectivity index (χ2v) is 5.27. The van der Waals surface area contributed by atoms with Crippen LogP contribution in [0.2, 0.25) is 0 Å². The average Bonchev–Trinajstić information content (AvgIpc) is 2.35. The first-order chi connectivity index (χ1) is 9.23. The number of likely N-dealkylation sites (N-methyl/N-ethyl adjacent to an activating group) is 1. The number of carbonyl (C=O) groups is 1. The van der Waals surface area contributed by atoms with Gasteiger partial charge in [0.1, 0.15) is 0 Å². The molecule has 1 amide bonds. The summed E-state index contributed by atoms with van der Waals surface area (Å²) >= 11 is 3.14. The second kappa shape index (κ2) is 6.67. The summed E-state index contributed by atoms with van der Waals surface area (Å²) in [5.74, 6) is -0.429. The molecule has 0 saturated heterocycles. The maximum atomic E-state index is 11.5. The first kappa shape index (κ1) is 16.4. The molecule has 0 spiro atoms. The van der Waals surface area contributed by atoms with E-state index in [1.54, 1.807) is 14.1 Å². The highest BCUT2D eigenvalue weighted by Crippen LogP contribution is 2.37. The van der Waals surface area contributed by atoms with Crippen molar-refractivity contribution in [3.8, 4) is 5.75 Å². The van der Waals surface area contributed by atoms with Gasteiger partial charge in [0.05, 0.1) is 11.0 Å². The highest BCUT2D eigenvalue weighted by molar-refractivity contribution is 9.10. The van der Waals surface area contributed by atoms with Gasteiger partial charge in [0, 0.05) is 30.2 Å². The van der Waals surface area contributed by atoms with Crippen molar-refractivity contribution >= 4 is 27.5 Å². The van der Waals surface area contributed by atoms with E-state index >= 15 is 0 Å². The van der Waals surface area contributed by atoms with Crippen LogP contribution in [0.25, 0.3) is 0 Å². The molecule has 0 aromatic heterocycles. The Morgan fingerprint density at radius 1 is 1.55 bits per heavy atom. The Morgan fingerprint density at radius 2 is 2.15 bits per heavy atom. The topological polar surface area (TPSA) is 92.9 Å². The fourth-order valence-corrected chi connectivity index (χ4v) is 1.93. The molecule has 0 aliphatic rings. The summed E-state index contributed by atoms with van der Waals surface area (Å²) in [6, 6.07) is 2.79. The van der Waals surface area contributed by atoms with Gasteiger partial charge in [-0.15, -0.1) is 0 Å². The number of ether oxygens (including phenoxy) is 1. The van der Waals surface area contributed by atoms with Crippen molar-refractivity contribution in [1.29, 1.82) is 0 Å². The molecule has 20 heavy (non-hydrogen) atoms. The normalized spacial score (nSPS) is 11.8. The third-order valence-electron chi connectivity index (χ3n) is 2.55. The standard InChI is InChI=1S/C12H15BrN2O5/c1-7(16)9-4-8(13)5-10(15(18)19)12(9)20-6-11(17)14(2)3/h4-5,7,16H,6H2,1-3H3/t7-/m0/s1. The Balaban J connectivity index is 3.20. The minimum absolute atomic E-state index is 0.0941. The predicted molar refractivity (Wildman–Crippen MR) is 75.6 cm³/mol. The number of aliphatic hydroxyl groups is 1. The molecule has 0 unspecified atom stereocenters. The van der Waals surface area contributed by atoms with E-state index in [1.165, 1.54) is 24.0 Å². The average molecular weight is 347 g/mol. The smallest absolute Gasteiger partial charge is 0.312 e. The van der Waals surface area contributed by atoms with E-state index < -0.39 is 11.0 Å². The fourth-order valence-electron chi connectivity index (χ4n) is 1.47. The summed E-state index contributed by atoms with van der Waals surface area (Å²) in [7, 11) is 3.11. The molecular weight excluding hydrogens is 332 g/mol. The van der Waals surface area contributed by atoms with Crippen LogP contribution < -0.4 is 4.74 Å². The summed E-state index contributed by atoms with van der Waals surface area (Å²) in [4.78, 5) is 23.3. The number of nitrogens with zero attached hydrogens (tertiary/aromatic N) is 2. The maximum absolute atomic E-state index is 11.5. The van der Waals surface area contributed by atoms with Gasteiger partial charge in [0.15, 0.2) is 6.61 Å². The number of halogens is 1. The lowest BCUT2D eigenvalue weighted by atomic mass is 10.1. The quantitative estimate of drug-likeness (QED) is 0.648. The molecule has 1 aromatic rings. The van der Waals surface area contributed by atoms with Gasteiger partial charge in [0.2, 0.25) is 5.75 Å². The number of aliphatic hydroxyl groups excluding tert-OH is 1. The molecule has 0 bridgehead atoms. The summed E-state index contributed by atoms with van der Waals surface area (Å²) in [6.45, 7) is 1.13. The zero-order valence-corrected chi connectivity index (χ0v) is 12.9. The molecule has 0 fully saturated rings. The molecule has 1 N–H and O–H groups in total. The van der Waals surface area contributed by atoms with E-state index in [1.807, 2.05) is 0 Å². The summed E-state index contributed by atoms with van der Waals surface area (Å²) in [5, 5.41) is 20.7. The monoisotopic (exact) mass is 346 g/mol. The van der Waals surface area contributed by atoms with Gasteiger partial charge < -0.3 is 14.7 Å². The lowest BCUT2D eigenvalue weighted by Crippen LogP contribution is -2.28. The van der Waals surface area contributed by atoms with E-state index in [9.17, 15) is 20.0 Å². The Hall–Kier alpha value is -1.67. The van der Waals surface area contributed by atoms with E-state index in [0.29, 0.717) is 4.47 Å². The SMILES string of the molecule is C[C@H](O)c1cc(Br)cc([N+](=O)[O-])c1OCC(=O)N(C)C. The molecule has 7 nitrogen and oxygen atoms in total. The number of hydrogen-bond donors (Lipinski definition) is 1. The minimum atomic E-state index is -0.962. The van der Waals surface area contributed by atoms with Crippen LogP contribution in [0.15, 0.2) is 16.6 Å². The Bertz CT molecular complexity index is 531. The first-order valence-electron chi connectivity index (χ1n) is 5.73. The predicted octanol–water partition coefficient (Wildman–Crippen LogP) is 1.88. The highest BCUT2D eigenvalue weighted by atomic mass is 79.9. The molecule has 0 aliphatic carbocycles. The molecule has 0 saturated carbocycles. The van der Waals surface area contributed by atoms with Crippen molar-refractivity contribution in [2.24, 2.45) is 0 Å². The van der Waals surface area contributed by atoms with Crippen LogP contribution in [0.4, 0.5) is 5.69 Å². The third kappa shape index (κ3) is 3.91. The molecule has 0 aliphatic heterocycles. The number of rotatable bonds is 5. The number of nitro groups is 1. The Kier molecular flexibility index (Phi) is 5.46. The number of benzene rings is 1. The van der Waals surface area contributed by atoms with Crippen LogP contribution in [0.5, 0.6) is 5.75 Å². The van der Waals surface area contributed by atoms with Crippen LogP contribution in [0.3, 0.4) is 0 Å². The second-order valence-electron chi connectivity index (χ2n) is 4.35. The third-order valence-corrected chi connectivity index (χ3v) is 3.01. The van der Waals surface area contributed by atoms with Crippen molar-refractivity contribution in [3.05, 3.63) is 32.3 Å². The van der Waals surface area contributed by atoms with Crippen molar-refractivity contribution in [2.45, 2.75) is 13.0 Å². The molecule has 8 heteroatoms. The Morgan fingerprint density at radius 3 is 2.60 bits per heavy atom. The summed E-state index contributed by atoms with van der Waals surface area (Å²) < 4.78 is 5.71. The number of amides is 1. The van der Waals surface area contributed by atoms with Gasteiger partial charge in [-0.1, -0.05) is 15.9 Å². The van der Waals surface area contributed by atoms with E-state index in [4.69, 9.17) is 4.74 Å². The van der Waals surface area contributed by atoms with Crippen LogP contribution in [0.1, 0.15) is 18.6 Å². The molecule has 1 aromatic carbocycles. The number of hydrogen-bond acceptors (Lipinski definition) is 5. The molecular formula is C12H15BrN2O5. The van der Waals surface area contributed by atoms with Crippen LogP contribution in [-0.4, -0.2) is 41.5 Å². The van der Waals surface area contributed by atoms with Gasteiger partial charge >= 0.3 is 5.69 Å². The van der Waals surface area contributed by atoms with Gasteiger partial charge in [-0.3, -0.25) is 14.9 Å². The zero-order valence-electron chi connectivity index (χ0n) is 11.3. The lowest BCUT2D eigenvalue weighted by Gasteiger charge is -2.15. The molecule has 110 valence electrons. The Labute approximate surface area is 124 Å². The van der Waals surface area contributed by atoms with Crippen molar-refractivity contribution in [3.63, 3.8) is 0 Å². The number of nitro benzene ring substituents is 1. The van der Waals surface area contributed by atoms with Crippen LogP contribution >= 0.6 is 15.9 Å². The van der Waals surface area contributed by atoms with Gasteiger partial charge in [-0.25, -0.2) is 0 Å². The highest BCUT2D eigenvalue weighted by Gasteiger charge is 2.24. The molecule has 1 rings (SSSR count). The first-order valence-corrected chi connectivity index (χ1v) is 6.52. The number of carbonyl (C=O) groups excluding carboxylic acids is 1. The van der Waals surface area contributed by atoms with Crippen LogP contribution in [0, 0.1) is 10.1 Å². The maximum Gasteiger partial charge on any atom is 0.312 e. The van der Waals surface area contributed by atoms with E-state index in [-0.39, 0.29) is 29.5 Å². The summed E-state index contributed by atoms with van der Waals surface area (Å²) in [6.07, 6.45) is -0.962. The lowest BCUT2D eigenvalue weighted by molar-refractivity contribution is -0.386. The van der Waals surface area contributed by atoms with Gasteiger partial charge in [-0.2, -0.15) is 0 Å². The van der Waals surface area contributed by atoms with Gasteiger partial charge in [-0.05, 0) is 13.0 Å². The van der Waals surface area contributed by atoms with E-state index in [0.717, 1.165) is 0 Å². The minimum Gasteiger partial charge on any atom is -0.476 e.